The lowest BCUT2D eigenvalue weighted by atomic mass is 9.37. The molecule has 0 heterocycles. The molecule has 4 bridgehead atoms. The van der Waals surface area contributed by atoms with Gasteiger partial charge in [-0.2, -0.15) is 0 Å². The quantitative estimate of drug-likeness (QED) is 0.0734. The monoisotopic (exact) mass is 641 g/mol. The zero-order chi connectivity index (χ0) is 33.1. The Hall–Kier alpha value is -0.990. The number of carbonyl (C=O) groups excluding carboxylic acids is 3. The molecule has 3 heteroatoms. The Kier molecular flexibility index (Phi) is 18.2. The predicted octanol–water partition coefficient (Wildman–Crippen LogP) is 13.2. The van der Waals surface area contributed by atoms with Crippen LogP contribution in [0.15, 0.2) is 0 Å². The number of unbranched alkanes of at least 4 members (excludes halogenated alkanes) is 12. The number of Topliss-reactive ketones (excluding diaryl/α,β-unsaturated/α-hetero) is 3. The van der Waals surface area contributed by atoms with E-state index >= 15 is 0 Å². The van der Waals surface area contributed by atoms with Crippen LogP contribution in [0.4, 0.5) is 0 Å². The topological polar surface area (TPSA) is 51.2 Å². The van der Waals surface area contributed by atoms with E-state index in [0.717, 1.165) is 102 Å². The van der Waals surface area contributed by atoms with Crippen molar-refractivity contribution < 1.29 is 14.4 Å². The molecule has 4 fully saturated rings. The van der Waals surface area contributed by atoms with Crippen LogP contribution in [0.3, 0.4) is 0 Å². The van der Waals surface area contributed by atoms with Gasteiger partial charge >= 0.3 is 0 Å². The molecule has 4 aliphatic carbocycles. The van der Waals surface area contributed by atoms with Crippen LogP contribution >= 0.6 is 0 Å². The normalized spacial score (nSPS) is 26.5. The molecule has 0 atom stereocenters. The van der Waals surface area contributed by atoms with E-state index in [1.807, 2.05) is 0 Å². The second-order valence-corrected chi connectivity index (χ2v) is 17.2. The van der Waals surface area contributed by atoms with Gasteiger partial charge in [0.2, 0.25) is 0 Å². The van der Waals surface area contributed by atoms with Gasteiger partial charge in [0.15, 0.2) is 0 Å². The van der Waals surface area contributed by atoms with E-state index in [1.165, 1.54) is 116 Å². The van der Waals surface area contributed by atoms with E-state index in [2.05, 4.69) is 20.8 Å². The first-order chi connectivity index (χ1) is 22.3. The molecule has 0 amide bonds. The predicted molar refractivity (Wildman–Crippen MR) is 195 cm³/mol. The van der Waals surface area contributed by atoms with Crippen molar-refractivity contribution in [1.82, 2.24) is 0 Å². The van der Waals surface area contributed by atoms with Crippen LogP contribution in [0.5, 0.6) is 0 Å². The second-order valence-electron chi connectivity index (χ2n) is 17.2. The number of ketones is 3. The van der Waals surface area contributed by atoms with Crippen LogP contribution in [-0.2, 0) is 14.4 Å². The fraction of sp³-hybridized carbons (Fsp3) is 0.930. The standard InChI is InChI=1S/C43H76O3/c1-4-7-22-38(44)25-16-10-13-19-28-41-31-37-32-42(34-41,29-20-14-11-17-26-39(45)23-8-5-2)36-43(33-37,35-41)30-21-15-12-18-27-40(46)24-9-6-3/h37H,4-36H2,1-3H3. The third-order valence-corrected chi connectivity index (χ3v) is 12.6. The lowest BCUT2D eigenvalue weighted by Crippen LogP contribution is -2.56. The average Bonchev–Trinajstić information content (AvgIpc) is 3.02. The van der Waals surface area contributed by atoms with Crippen LogP contribution in [0.1, 0.15) is 233 Å². The summed E-state index contributed by atoms with van der Waals surface area (Å²) in [7, 11) is 0. The van der Waals surface area contributed by atoms with Crippen LogP contribution in [0, 0.1) is 22.2 Å². The van der Waals surface area contributed by atoms with Crippen molar-refractivity contribution in [3.63, 3.8) is 0 Å². The van der Waals surface area contributed by atoms with Gasteiger partial charge in [0.1, 0.15) is 17.3 Å². The van der Waals surface area contributed by atoms with Crippen molar-refractivity contribution in [2.75, 3.05) is 0 Å². The van der Waals surface area contributed by atoms with Crippen LogP contribution < -0.4 is 0 Å². The van der Waals surface area contributed by atoms with Crippen molar-refractivity contribution >= 4 is 17.3 Å². The minimum atomic E-state index is 0.484. The van der Waals surface area contributed by atoms with Gasteiger partial charge in [-0.15, -0.1) is 0 Å². The van der Waals surface area contributed by atoms with Gasteiger partial charge < -0.3 is 0 Å². The second kappa shape index (κ2) is 21.2. The molecular weight excluding hydrogens is 564 g/mol. The summed E-state index contributed by atoms with van der Waals surface area (Å²) in [4.78, 5) is 36.4. The summed E-state index contributed by atoms with van der Waals surface area (Å²) in [6, 6.07) is 0. The molecule has 4 saturated carbocycles. The molecule has 0 saturated heterocycles. The highest BCUT2D eigenvalue weighted by atomic mass is 16.1. The smallest absolute Gasteiger partial charge is 0.132 e. The van der Waals surface area contributed by atoms with Crippen LogP contribution in [-0.4, -0.2) is 17.3 Å². The minimum absolute atomic E-state index is 0.484. The fourth-order valence-electron chi connectivity index (χ4n) is 10.9. The maximum Gasteiger partial charge on any atom is 0.132 e. The third-order valence-electron chi connectivity index (χ3n) is 12.6. The van der Waals surface area contributed by atoms with E-state index in [9.17, 15) is 14.4 Å². The first kappa shape index (κ1) is 39.4. The Morgan fingerprint density at radius 1 is 0.391 bits per heavy atom. The van der Waals surface area contributed by atoms with Crippen LogP contribution in [0.2, 0.25) is 0 Å². The van der Waals surface area contributed by atoms with E-state index in [-0.39, 0.29) is 0 Å². The molecule has 0 radical (unpaired) electrons. The van der Waals surface area contributed by atoms with Gasteiger partial charge in [0.25, 0.3) is 0 Å². The van der Waals surface area contributed by atoms with Crippen molar-refractivity contribution in [3.05, 3.63) is 0 Å². The molecule has 0 aromatic rings. The molecule has 46 heavy (non-hydrogen) atoms. The van der Waals surface area contributed by atoms with E-state index in [4.69, 9.17) is 0 Å². The third kappa shape index (κ3) is 13.9. The Labute approximate surface area is 286 Å². The molecule has 0 spiro atoms. The Morgan fingerprint density at radius 3 is 0.935 bits per heavy atom. The largest absolute Gasteiger partial charge is 0.300 e. The Balaban J connectivity index is 1.49. The van der Waals surface area contributed by atoms with Gasteiger partial charge in [-0.05, 0) is 118 Å². The number of rotatable bonds is 30. The molecule has 4 rings (SSSR count). The fourth-order valence-corrected chi connectivity index (χ4v) is 10.9. The van der Waals surface area contributed by atoms with Crippen molar-refractivity contribution in [2.24, 2.45) is 22.2 Å². The summed E-state index contributed by atoms with van der Waals surface area (Å²) in [5, 5.41) is 0. The molecule has 0 unspecified atom stereocenters. The Morgan fingerprint density at radius 2 is 0.652 bits per heavy atom. The zero-order valence-electron chi connectivity index (χ0n) is 31.1. The molecule has 0 aromatic heterocycles. The summed E-state index contributed by atoms with van der Waals surface area (Å²) in [6.45, 7) is 6.52. The Bertz CT molecular complexity index is 766. The highest BCUT2D eigenvalue weighted by Gasteiger charge is 2.61. The average molecular weight is 641 g/mol. The molecule has 4 aliphatic rings. The molecular formula is C43H76O3. The first-order valence-electron chi connectivity index (χ1n) is 20.8. The molecule has 3 nitrogen and oxygen atoms in total. The zero-order valence-corrected chi connectivity index (χ0v) is 31.1. The van der Waals surface area contributed by atoms with E-state index in [1.54, 1.807) is 0 Å². The summed E-state index contributed by atoms with van der Waals surface area (Å²) in [5.41, 5.74) is 1.73. The number of hydrogen-bond acceptors (Lipinski definition) is 3. The maximum absolute atomic E-state index is 12.1. The van der Waals surface area contributed by atoms with E-state index < -0.39 is 0 Å². The highest BCUT2D eigenvalue weighted by Crippen LogP contribution is 2.73. The number of carbonyl (C=O) groups is 3. The van der Waals surface area contributed by atoms with Crippen molar-refractivity contribution in [2.45, 2.75) is 233 Å². The summed E-state index contributed by atoms with van der Waals surface area (Å²) < 4.78 is 0. The van der Waals surface area contributed by atoms with Gasteiger partial charge in [0, 0.05) is 38.5 Å². The number of hydrogen-bond donors (Lipinski definition) is 0. The van der Waals surface area contributed by atoms with Crippen molar-refractivity contribution in [1.29, 1.82) is 0 Å². The van der Waals surface area contributed by atoms with Gasteiger partial charge in [0.05, 0.1) is 0 Å². The molecule has 266 valence electrons. The van der Waals surface area contributed by atoms with Gasteiger partial charge in [-0.3, -0.25) is 14.4 Å². The molecule has 0 aliphatic heterocycles. The first-order valence-corrected chi connectivity index (χ1v) is 20.8. The lowest BCUT2D eigenvalue weighted by molar-refractivity contribution is -0.169. The van der Waals surface area contributed by atoms with E-state index in [0.29, 0.717) is 33.6 Å². The summed E-state index contributed by atoms with van der Waals surface area (Å²) in [5.74, 6) is 2.40. The van der Waals surface area contributed by atoms with Gasteiger partial charge in [-0.25, -0.2) is 0 Å². The summed E-state index contributed by atoms with van der Waals surface area (Å²) >= 11 is 0. The summed E-state index contributed by atoms with van der Waals surface area (Å²) in [6.07, 6.45) is 39.6. The SMILES string of the molecule is CCCCC(=O)CCCCCCC12CC3CC(CCCCCCC(=O)CCCC)(C1)CC(CCCCCCC(=O)CCCC)(C3)C2. The highest BCUT2D eigenvalue weighted by molar-refractivity contribution is 5.78. The van der Waals surface area contributed by atoms with Crippen molar-refractivity contribution in [3.8, 4) is 0 Å². The maximum atomic E-state index is 12.1. The van der Waals surface area contributed by atoms with Crippen LogP contribution in [0.25, 0.3) is 0 Å². The molecule has 0 aromatic carbocycles. The van der Waals surface area contributed by atoms with Gasteiger partial charge in [-0.1, -0.05) is 97.8 Å². The molecule has 0 N–H and O–H groups in total. The lowest BCUT2D eigenvalue weighted by Gasteiger charge is -2.68. The minimum Gasteiger partial charge on any atom is -0.300 e.